The maximum absolute atomic E-state index is 11.8. The Kier molecular flexibility index (Phi) is 8.95. The van der Waals surface area contributed by atoms with Gasteiger partial charge in [-0.3, -0.25) is 9.79 Å². The minimum atomic E-state index is 0. The van der Waals surface area contributed by atoms with E-state index in [9.17, 15) is 4.79 Å². The lowest BCUT2D eigenvalue weighted by atomic mass is 10.1. The second-order valence-electron chi connectivity index (χ2n) is 7.42. The minimum absolute atomic E-state index is 0. The van der Waals surface area contributed by atoms with Gasteiger partial charge in [-0.2, -0.15) is 0 Å². The van der Waals surface area contributed by atoms with E-state index in [1.54, 1.807) is 0 Å². The monoisotopic (exact) mass is 506 g/mol. The van der Waals surface area contributed by atoms with Crippen LogP contribution in [-0.2, 0) is 24.4 Å². The second kappa shape index (κ2) is 11.2. The van der Waals surface area contributed by atoms with E-state index >= 15 is 0 Å². The molecule has 0 spiro atoms. The molecule has 6 heteroatoms. The number of carbonyl (C=O) groups is 1. The standard InChI is InChI=1S/C23H30N4O.HI/c1-18-7-4-5-8-21(18)17-26(3)23(24-2)25-15-19-10-12-20(13-11-19)16-27-14-6-9-22(27)28;/h4-5,7-8,10-13H,6,9,14-17H2,1-3H3,(H,24,25);1H. The van der Waals surface area contributed by atoms with Crippen LogP contribution >= 0.6 is 24.0 Å². The number of halogens is 1. The number of guanidine groups is 1. The van der Waals surface area contributed by atoms with Gasteiger partial charge >= 0.3 is 0 Å². The Morgan fingerprint density at radius 2 is 1.83 bits per heavy atom. The van der Waals surface area contributed by atoms with Crippen LogP contribution in [0.4, 0.5) is 0 Å². The van der Waals surface area contributed by atoms with Crippen LogP contribution in [0.15, 0.2) is 53.5 Å². The van der Waals surface area contributed by atoms with E-state index in [-0.39, 0.29) is 29.9 Å². The summed E-state index contributed by atoms with van der Waals surface area (Å²) in [5, 5.41) is 3.44. The van der Waals surface area contributed by atoms with Crippen molar-refractivity contribution in [1.29, 1.82) is 0 Å². The fraction of sp³-hybridized carbons (Fsp3) is 0.391. The van der Waals surface area contributed by atoms with Gasteiger partial charge in [-0.25, -0.2) is 0 Å². The summed E-state index contributed by atoms with van der Waals surface area (Å²) >= 11 is 0. The maximum atomic E-state index is 11.8. The zero-order chi connectivity index (χ0) is 19.9. The molecule has 1 heterocycles. The summed E-state index contributed by atoms with van der Waals surface area (Å²) in [4.78, 5) is 20.3. The summed E-state index contributed by atoms with van der Waals surface area (Å²) in [6.07, 6.45) is 1.67. The van der Waals surface area contributed by atoms with Crippen LogP contribution in [0.2, 0.25) is 0 Å². The molecule has 0 aliphatic carbocycles. The van der Waals surface area contributed by atoms with Gasteiger partial charge in [0.25, 0.3) is 0 Å². The number of aliphatic imine (C=N–C) groups is 1. The average molecular weight is 506 g/mol. The predicted octanol–water partition coefficient (Wildman–Crippen LogP) is 3.94. The molecule has 2 aromatic rings. The number of likely N-dealkylation sites (tertiary alicyclic amines) is 1. The zero-order valence-electron chi connectivity index (χ0n) is 17.5. The van der Waals surface area contributed by atoms with E-state index in [1.807, 2.05) is 11.9 Å². The number of carbonyl (C=O) groups excluding carboxylic acids is 1. The average Bonchev–Trinajstić information content (AvgIpc) is 3.10. The van der Waals surface area contributed by atoms with Crippen LogP contribution in [0.3, 0.4) is 0 Å². The first-order chi connectivity index (χ1) is 13.6. The van der Waals surface area contributed by atoms with Crippen molar-refractivity contribution in [3.63, 3.8) is 0 Å². The highest BCUT2D eigenvalue weighted by Gasteiger charge is 2.19. The van der Waals surface area contributed by atoms with Crippen molar-refractivity contribution in [1.82, 2.24) is 15.1 Å². The van der Waals surface area contributed by atoms with Crippen molar-refractivity contribution in [2.45, 2.75) is 39.4 Å². The Hall–Kier alpha value is -2.09. The summed E-state index contributed by atoms with van der Waals surface area (Å²) in [6, 6.07) is 16.9. The summed E-state index contributed by atoms with van der Waals surface area (Å²) in [7, 11) is 3.87. The van der Waals surface area contributed by atoms with Crippen LogP contribution < -0.4 is 5.32 Å². The molecule has 1 amide bonds. The fourth-order valence-corrected chi connectivity index (χ4v) is 3.54. The topological polar surface area (TPSA) is 47.9 Å². The van der Waals surface area contributed by atoms with Crippen LogP contribution in [0.5, 0.6) is 0 Å². The number of hydrogen-bond acceptors (Lipinski definition) is 2. The largest absolute Gasteiger partial charge is 0.352 e. The number of nitrogens with zero attached hydrogens (tertiary/aromatic N) is 3. The molecule has 1 aliphatic rings. The number of hydrogen-bond donors (Lipinski definition) is 1. The number of nitrogens with one attached hydrogen (secondary N) is 1. The molecule has 0 bridgehead atoms. The molecule has 1 fully saturated rings. The highest BCUT2D eigenvalue weighted by molar-refractivity contribution is 14.0. The smallest absolute Gasteiger partial charge is 0.222 e. The summed E-state index contributed by atoms with van der Waals surface area (Å²) in [5.74, 6) is 1.14. The molecule has 2 aromatic carbocycles. The fourth-order valence-electron chi connectivity index (χ4n) is 3.54. The first-order valence-corrected chi connectivity index (χ1v) is 9.88. The van der Waals surface area contributed by atoms with Crippen molar-refractivity contribution in [3.8, 4) is 0 Å². The van der Waals surface area contributed by atoms with E-state index in [0.29, 0.717) is 19.5 Å². The van der Waals surface area contributed by atoms with E-state index < -0.39 is 0 Å². The molecule has 156 valence electrons. The minimum Gasteiger partial charge on any atom is -0.352 e. The Morgan fingerprint density at radius 3 is 2.45 bits per heavy atom. The lowest BCUT2D eigenvalue weighted by Crippen LogP contribution is -2.38. The van der Waals surface area contributed by atoms with Gasteiger partial charge in [0, 0.05) is 46.7 Å². The molecule has 29 heavy (non-hydrogen) atoms. The molecule has 0 atom stereocenters. The molecule has 0 radical (unpaired) electrons. The SMILES string of the molecule is CN=C(NCc1ccc(CN2CCCC2=O)cc1)N(C)Cc1ccccc1C.I. The molecule has 3 rings (SSSR count). The van der Waals surface area contributed by atoms with Crippen LogP contribution in [-0.4, -0.2) is 42.3 Å². The Morgan fingerprint density at radius 1 is 1.14 bits per heavy atom. The van der Waals surface area contributed by atoms with E-state index in [2.05, 4.69) is 77.7 Å². The van der Waals surface area contributed by atoms with E-state index in [1.165, 1.54) is 22.3 Å². The van der Waals surface area contributed by atoms with Gasteiger partial charge in [-0.1, -0.05) is 48.5 Å². The molecule has 5 nitrogen and oxygen atoms in total. The number of benzene rings is 2. The number of aryl methyl sites for hydroxylation is 1. The molecular formula is C23H31IN4O. The summed E-state index contributed by atoms with van der Waals surface area (Å²) in [5.41, 5.74) is 4.97. The van der Waals surface area contributed by atoms with Crippen molar-refractivity contribution in [2.24, 2.45) is 4.99 Å². The van der Waals surface area contributed by atoms with Gasteiger partial charge < -0.3 is 15.1 Å². The first kappa shape index (κ1) is 23.2. The maximum Gasteiger partial charge on any atom is 0.222 e. The van der Waals surface area contributed by atoms with E-state index in [0.717, 1.165) is 25.5 Å². The van der Waals surface area contributed by atoms with Crippen molar-refractivity contribution in [2.75, 3.05) is 20.6 Å². The molecule has 0 aromatic heterocycles. The number of rotatable bonds is 6. The third kappa shape index (κ3) is 6.45. The Balaban J connectivity index is 0.00000300. The normalized spacial score (nSPS) is 14.0. The Bertz CT molecular complexity index is 835. The highest BCUT2D eigenvalue weighted by Crippen LogP contribution is 2.15. The predicted molar refractivity (Wildman–Crippen MR) is 129 cm³/mol. The molecule has 1 aliphatic heterocycles. The zero-order valence-corrected chi connectivity index (χ0v) is 19.8. The third-order valence-electron chi connectivity index (χ3n) is 5.26. The summed E-state index contributed by atoms with van der Waals surface area (Å²) in [6.45, 7) is 5.26. The molecule has 1 saturated heterocycles. The van der Waals surface area contributed by atoms with Gasteiger partial charge in [0.15, 0.2) is 5.96 Å². The van der Waals surface area contributed by atoms with Gasteiger partial charge in [-0.05, 0) is 35.6 Å². The third-order valence-corrected chi connectivity index (χ3v) is 5.26. The molecule has 0 unspecified atom stereocenters. The van der Waals surface area contributed by atoms with Crippen molar-refractivity contribution in [3.05, 3.63) is 70.8 Å². The Labute approximate surface area is 191 Å². The van der Waals surface area contributed by atoms with Gasteiger partial charge in [0.2, 0.25) is 5.91 Å². The van der Waals surface area contributed by atoms with Crippen molar-refractivity contribution >= 4 is 35.8 Å². The number of amides is 1. The second-order valence-corrected chi connectivity index (χ2v) is 7.42. The molecular weight excluding hydrogens is 475 g/mol. The van der Waals surface area contributed by atoms with Gasteiger partial charge in [0.1, 0.15) is 0 Å². The first-order valence-electron chi connectivity index (χ1n) is 9.88. The van der Waals surface area contributed by atoms with Gasteiger partial charge in [0.05, 0.1) is 0 Å². The lowest BCUT2D eigenvalue weighted by Gasteiger charge is -2.23. The van der Waals surface area contributed by atoms with Crippen molar-refractivity contribution < 1.29 is 4.79 Å². The lowest BCUT2D eigenvalue weighted by molar-refractivity contribution is -0.128. The summed E-state index contributed by atoms with van der Waals surface area (Å²) < 4.78 is 0. The molecule has 1 N–H and O–H groups in total. The highest BCUT2D eigenvalue weighted by atomic mass is 127. The molecule has 0 saturated carbocycles. The van der Waals surface area contributed by atoms with E-state index in [4.69, 9.17) is 0 Å². The van der Waals surface area contributed by atoms with Crippen LogP contribution in [0, 0.1) is 6.92 Å². The quantitative estimate of drug-likeness (QED) is 0.367. The van der Waals surface area contributed by atoms with Crippen LogP contribution in [0.1, 0.15) is 35.1 Å². The van der Waals surface area contributed by atoms with Crippen LogP contribution in [0.25, 0.3) is 0 Å². The van der Waals surface area contributed by atoms with Gasteiger partial charge in [-0.15, -0.1) is 24.0 Å².